The molecule has 1 saturated carbocycles. The van der Waals surface area contributed by atoms with Gasteiger partial charge in [-0.05, 0) is 18.4 Å². The van der Waals surface area contributed by atoms with Crippen LogP contribution in [0.1, 0.15) is 18.4 Å². The molecule has 0 aliphatic heterocycles. The molecule has 3 heteroatoms. The molecule has 0 radical (unpaired) electrons. The number of hydrogen-bond donors (Lipinski definition) is 0. The lowest BCUT2D eigenvalue weighted by atomic mass is 10.2. The largest absolute Gasteiger partial charge is 0.493 e. The summed E-state index contributed by atoms with van der Waals surface area (Å²) in [4.78, 5) is 11.5. The van der Waals surface area contributed by atoms with Crippen LogP contribution in [0.2, 0.25) is 0 Å². The van der Waals surface area contributed by atoms with Crippen LogP contribution in [0.3, 0.4) is 0 Å². The highest BCUT2D eigenvalue weighted by Crippen LogP contribution is 2.35. The van der Waals surface area contributed by atoms with Gasteiger partial charge in [-0.15, -0.1) is 0 Å². The molecule has 0 saturated heterocycles. The molecule has 1 aliphatic carbocycles. The molecule has 0 N–H and O–H groups in total. The normalized spacial score (nSPS) is 13.4. The highest BCUT2D eigenvalue weighted by atomic mass is 16.5. The van der Waals surface area contributed by atoms with Gasteiger partial charge in [0.15, 0.2) is 0 Å². The van der Waals surface area contributed by atoms with Crippen molar-refractivity contribution in [3.63, 3.8) is 0 Å². The first kappa shape index (κ1) is 12.5. The molecule has 0 bridgehead atoms. The highest BCUT2D eigenvalue weighted by Gasteiger charge is 2.26. The Morgan fingerprint density at radius 1 is 1.39 bits per heavy atom. The van der Waals surface area contributed by atoms with Crippen molar-refractivity contribution in [2.24, 2.45) is 5.92 Å². The van der Waals surface area contributed by atoms with Gasteiger partial charge in [0.2, 0.25) is 0 Å². The van der Waals surface area contributed by atoms with Crippen LogP contribution in [-0.4, -0.2) is 13.1 Å². The Morgan fingerprint density at radius 3 is 2.72 bits per heavy atom. The summed E-state index contributed by atoms with van der Waals surface area (Å²) in [5, 5.41) is 0. The second kappa shape index (κ2) is 6.08. The summed E-state index contributed by atoms with van der Waals surface area (Å²) < 4.78 is 10.3. The van der Waals surface area contributed by atoms with Crippen molar-refractivity contribution in [3.8, 4) is 0 Å². The lowest BCUT2D eigenvalue weighted by Crippen LogP contribution is -2.00. The van der Waals surface area contributed by atoms with Gasteiger partial charge < -0.3 is 9.47 Å². The van der Waals surface area contributed by atoms with Crippen molar-refractivity contribution in [1.82, 2.24) is 0 Å². The molecule has 0 amide bonds. The zero-order chi connectivity index (χ0) is 12.8. The predicted molar refractivity (Wildman–Crippen MR) is 67.6 cm³/mol. The highest BCUT2D eigenvalue weighted by molar-refractivity contribution is 5.81. The topological polar surface area (TPSA) is 35.5 Å². The number of ether oxygens (including phenoxy) is 2. The summed E-state index contributed by atoms with van der Waals surface area (Å²) >= 11 is 0. The van der Waals surface area contributed by atoms with E-state index in [-0.39, 0.29) is 6.61 Å². The van der Waals surface area contributed by atoms with Gasteiger partial charge in [-0.2, -0.15) is 0 Å². The lowest BCUT2D eigenvalue weighted by molar-refractivity contribution is -0.139. The molecule has 94 valence electrons. The van der Waals surface area contributed by atoms with Gasteiger partial charge in [0.1, 0.15) is 12.4 Å². The fourth-order valence-corrected chi connectivity index (χ4v) is 1.59. The van der Waals surface area contributed by atoms with E-state index in [1.807, 2.05) is 30.3 Å². The van der Waals surface area contributed by atoms with Crippen LogP contribution in [0.15, 0.2) is 47.9 Å². The quantitative estimate of drug-likeness (QED) is 0.346. The van der Waals surface area contributed by atoms with E-state index in [0.717, 1.165) is 24.2 Å². The van der Waals surface area contributed by atoms with Crippen molar-refractivity contribution in [2.75, 3.05) is 7.11 Å². The number of benzene rings is 1. The van der Waals surface area contributed by atoms with Gasteiger partial charge in [0, 0.05) is 5.92 Å². The molecule has 3 nitrogen and oxygen atoms in total. The Morgan fingerprint density at radius 2 is 2.11 bits per heavy atom. The number of esters is 1. The fraction of sp³-hybridized carbons (Fsp3) is 0.333. The number of carbonyl (C=O) groups is 1. The number of hydrogen-bond acceptors (Lipinski definition) is 3. The van der Waals surface area contributed by atoms with Gasteiger partial charge in [-0.1, -0.05) is 36.1 Å². The summed E-state index contributed by atoms with van der Waals surface area (Å²) in [6.07, 6.45) is 3.53. The van der Waals surface area contributed by atoms with E-state index < -0.39 is 5.97 Å². The minimum absolute atomic E-state index is 0.281. The predicted octanol–water partition coefficient (Wildman–Crippen LogP) is 2.83. The Labute approximate surface area is 107 Å². The zero-order valence-electron chi connectivity index (χ0n) is 10.4. The molecule has 0 aromatic heterocycles. The summed E-state index contributed by atoms with van der Waals surface area (Å²) in [6.45, 7) is 0.281. The van der Waals surface area contributed by atoms with E-state index >= 15 is 0 Å². The zero-order valence-corrected chi connectivity index (χ0v) is 10.4. The fourth-order valence-electron chi connectivity index (χ4n) is 1.59. The van der Waals surface area contributed by atoms with E-state index in [4.69, 9.17) is 9.47 Å². The third-order valence-corrected chi connectivity index (χ3v) is 2.72. The number of carbonyl (C=O) groups excluding carboxylic acids is 1. The molecule has 1 aromatic rings. The smallest absolute Gasteiger partial charge is 0.339 e. The van der Waals surface area contributed by atoms with E-state index in [1.54, 1.807) is 7.11 Å². The minimum Gasteiger partial charge on any atom is -0.493 e. The van der Waals surface area contributed by atoms with Crippen LogP contribution in [0.4, 0.5) is 0 Å². The molecular formula is C15H16O3. The standard InChI is InChI=1S/C15H16O3/c1-17-14(13-7-8-13)9-10-15(16)18-11-12-5-3-2-4-6-12/h2-6,10,13H,7-8,11H2,1H3. The SMILES string of the molecule is COC(=C=CC(=O)OCc1ccccc1)C1CC1. The number of rotatable bonds is 5. The van der Waals surface area contributed by atoms with Crippen molar-refractivity contribution < 1.29 is 14.3 Å². The molecule has 0 unspecified atom stereocenters. The molecule has 2 rings (SSSR count). The Kier molecular flexibility index (Phi) is 4.21. The maximum Gasteiger partial charge on any atom is 0.339 e. The summed E-state index contributed by atoms with van der Waals surface area (Å²) in [7, 11) is 1.60. The Hall–Kier alpha value is -1.99. The second-order valence-electron chi connectivity index (χ2n) is 4.22. The Balaban J connectivity index is 1.87. The minimum atomic E-state index is -0.394. The monoisotopic (exact) mass is 244 g/mol. The first-order valence-electron chi connectivity index (χ1n) is 6.01. The van der Waals surface area contributed by atoms with E-state index in [9.17, 15) is 4.79 Å². The molecule has 0 spiro atoms. The first-order chi connectivity index (χ1) is 8.79. The van der Waals surface area contributed by atoms with Gasteiger partial charge >= 0.3 is 5.97 Å². The Bertz CT molecular complexity index is 466. The summed E-state index contributed by atoms with van der Waals surface area (Å²) in [6, 6.07) is 9.58. The average Bonchev–Trinajstić information content (AvgIpc) is 3.23. The van der Waals surface area contributed by atoms with Gasteiger partial charge in [-0.3, -0.25) is 0 Å². The lowest BCUT2D eigenvalue weighted by Gasteiger charge is -2.01. The van der Waals surface area contributed by atoms with Crippen LogP contribution in [0, 0.1) is 5.92 Å². The van der Waals surface area contributed by atoms with Crippen LogP contribution < -0.4 is 0 Å². The molecule has 1 aliphatic rings. The van der Waals surface area contributed by atoms with Gasteiger partial charge in [0.25, 0.3) is 0 Å². The van der Waals surface area contributed by atoms with Crippen LogP contribution in [0.5, 0.6) is 0 Å². The molecule has 1 fully saturated rings. The van der Waals surface area contributed by atoms with Crippen LogP contribution >= 0.6 is 0 Å². The molecule has 0 heterocycles. The molecular weight excluding hydrogens is 228 g/mol. The second-order valence-corrected chi connectivity index (χ2v) is 4.22. The van der Waals surface area contributed by atoms with E-state index in [0.29, 0.717) is 5.92 Å². The van der Waals surface area contributed by atoms with Gasteiger partial charge in [-0.25, -0.2) is 4.79 Å². The van der Waals surface area contributed by atoms with E-state index in [2.05, 4.69) is 5.73 Å². The summed E-state index contributed by atoms with van der Waals surface area (Å²) in [5.74, 6) is 0.786. The third kappa shape index (κ3) is 3.79. The van der Waals surface area contributed by atoms with Gasteiger partial charge in [0.05, 0.1) is 13.2 Å². The molecule has 1 aromatic carbocycles. The van der Waals surface area contributed by atoms with Crippen molar-refractivity contribution in [2.45, 2.75) is 19.4 Å². The van der Waals surface area contributed by atoms with Crippen molar-refractivity contribution >= 4 is 5.97 Å². The average molecular weight is 244 g/mol. The number of methoxy groups -OCH3 is 1. The molecule has 18 heavy (non-hydrogen) atoms. The molecule has 0 atom stereocenters. The van der Waals surface area contributed by atoms with E-state index in [1.165, 1.54) is 6.08 Å². The van der Waals surface area contributed by atoms with Crippen molar-refractivity contribution in [3.05, 3.63) is 53.5 Å². The van der Waals surface area contributed by atoms with Crippen LogP contribution in [-0.2, 0) is 20.9 Å². The maximum atomic E-state index is 11.5. The first-order valence-corrected chi connectivity index (χ1v) is 6.01. The maximum absolute atomic E-state index is 11.5. The van der Waals surface area contributed by atoms with Crippen LogP contribution in [0.25, 0.3) is 0 Å². The third-order valence-electron chi connectivity index (χ3n) is 2.72. The summed E-state index contributed by atoms with van der Waals surface area (Å²) in [5.41, 5.74) is 3.83. The van der Waals surface area contributed by atoms with Crippen molar-refractivity contribution in [1.29, 1.82) is 0 Å².